The van der Waals surface area contributed by atoms with Crippen LogP contribution in [0.25, 0.3) is 0 Å². The molecule has 23 heavy (non-hydrogen) atoms. The summed E-state index contributed by atoms with van der Waals surface area (Å²) >= 11 is 0. The summed E-state index contributed by atoms with van der Waals surface area (Å²) < 4.78 is 5.08. The van der Waals surface area contributed by atoms with E-state index in [1.807, 2.05) is 43.3 Å². The van der Waals surface area contributed by atoms with Gasteiger partial charge in [-0.15, -0.1) is 0 Å². The molecule has 0 heterocycles. The van der Waals surface area contributed by atoms with E-state index in [1.165, 1.54) is 0 Å². The number of nitrogens with one attached hydrogen (secondary N) is 1. The predicted octanol–water partition coefficient (Wildman–Crippen LogP) is 3.28. The lowest BCUT2D eigenvalue weighted by atomic mass is 10.0. The summed E-state index contributed by atoms with van der Waals surface area (Å²) in [5.41, 5.74) is 2.75. The van der Waals surface area contributed by atoms with E-state index in [4.69, 9.17) is 4.74 Å². The maximum Gasteiger partial charge on any atom is 0.220 e. The monoisotopic (exact) mass is 311 g/mol. The van der Waals surface area contributed by atoms with Crippen molar-refractivity contribution in [3.05, 3.63) is 65.2 Å². The van der Waals surface area contributed by atoms with Gasteiger partial charge in [0.25, 0.3) is 0 Å². The van der Waals surface area contributed by atoms with Crippen molar-refractivity contribution in [1.29, 1.82) is 0 Å². The first kappa shape index (κ1) is 16.7. The van der Waals surface area contributed by atoms with Crippen LogP contribution in [0.15, 0.2) is 48.5 Å². The molecule has 2 rings (SSSR count). The third-order valence-electron chi connectivity index (χ3n) is 3.60. The largest absolute Gasteiger partial charge is 0.497 e. The minimum Gasteiger partial charge on any atom is -0.497 e. The van der Waals surface area contributed by atoms with Crippen LogP contribution in [-0.4, -0.2) is 18.8 Å². The molecular weight excluding hydrogens is 290 g/mol. The van der Waals surface area contributed by atoms with Crippen molar-refractivity contribution < 1.29 is 14.3 Å². The second-order valence-corrected chi connectivity index (χ2v) is 5.41. The molecule has 2 aromatic carbocycles. The van der Waals surface area contributed by atoms with Crippen molar-refractivity contribution in [2.24, 2.45) is 0 Å². The van der Waals surface area contributed by atoms with Crippen LogP contribution in [0.4, 0.5) is 0 Å². The van der Waals surface area contributed by atoms with E-state index in [0.717, 1.165) is 16.9 Å². The molecule has 0 bridgehead atoms. The minimum absolute atomic E-state index is 0.00963. The summed E-state index contributed by atoms with van der Waals surface area (Å²) in [6, 6.07) is 14.9. The number of hydrogen-bond donors (Lipinski definition) is 1. The van der Waals surface area contributed by atoms with Gasteiger partial charge in [-0.1, -0.05) is 42.0 Å². The molecule has 0 aliphatic rings. The van der Waals surface area contributed by atoms with Crippen molar-refractivity contribution in [3.63, 3.8) is 0 Å². The Labute approximate surface area is 136 Å². The second-order valence-electron chi connectivity index (χ2n) is 5.41. The number of carbonyl (C=O) groups is 2. The summed E-state index contributed by atoms with van der Waals surface area (Å²) in [5.74, 6) is 0.648. The molecule has 0 fully saturated rings. The van der Waals surface area contributed by atoms with E-state index in [-0.39, 0.29) is 24.5 Å². The highest BCUT2D eigenvalue weighted by atomic mass is 16.5. The van der Waals surface area contributed by atoms with Crippen molar-refractivity contribution in [3.8, 4) is 5.75 Å². The van der Waals surface area contributed by atoms with Crippen LogP contribution < -0.4 is 10.1 Å². The topological polar surface area (TPSA) is 55.4 Å². The van der Waals surface area contributed by atoms with Gasteiger partial charge in [0, 0.05) is 24.9 Å². The molecule has 0 aromatic heterocycles. The van der Waals surface area contributed by atoms with Crippen molar-refractivity contribution in [2.75, 3.05) is 7.11 Å². The number of rotatable bonds is 7. The number of ketones is 1. The Morgan fingerprint density at radius 3 is 2.22 bits per heavy atom. The average molecular weight is 311 g/mol. The number of benzene rings is 2. The first-order valence-electron chi connectivity index (χ1n) is 7.58. The van der Waals surface area contributed by atoms with E-state index in [2.05, 4.69) is 5.32 Å². The molecule has 1 amide bonds. The lowest BCUT2D eigenvalue weighted by Gasteiger charge is -2.06. The Hall–Kier alpha value is -2.62. The summed E-state index contributed by atoms with van der Waals surface area (Å²) in [6.45, 7) is 2.42. The maximum atomic E-state index is 12.0. The van der Waals surface area contributed by atoms with Gasteiger partial charge >= 0.3 is 0 Å². The molecule has 0 aliphatic heterocycles. The quantitative estimate of drug-likeness (QED) is 0.798. The van der Waals surface area contributed by atoms with Crippen LogP contribution in [0, 0.1) is 6.92 Å². The SMILES string of the molecule is COc1ccc(CNC(=O)CCC(=O)c2ccc(C)cc2)cc1. The molecule has 0 saturated heterocycles. The number of ether oxygens (including phenoxy) is 1. The zero-order chi connectivity index (χ0) is 16.7. The highest BCUT2D eigenvalue weighted by Gasteiger charge is 2.09. The summed E-state index contributed by atoms with van der Waals surface area (Å²) in [4.78, 5) is 23.9. The van der Waals surface area contributed by atoms with Gasteiger partial charge in [-0.05, 0) is 24.6 Å². The standard InChI is InChI=1S/C19H21NO3/c1-14-3-7-16(8-4-14)18(21)11-12-19(22)20-13-15-5-9-17(23-2)10-6-15/h3-10H,11-13H2,1-2H3,(H,20,22). The van der Waals surface area contributed by atoms with E-state index in [0.29, 0.717) is 12.1 Å². The van der Waals surface area contributed by atoms with Crippen molar-refractivity contribution in [2.45, 2.75) is 26.3 Å². The lowest BCUT2D eigenvalue weighted by molar-refractivity contribution is -0.121. The molecular formula is C19H21NO3. The summed E-state index contributed by atoms with van der Waals surface area (Å²) in [5, 5.41) is 2.82. The number of carbonyl (C=O) groups excluding carboxylic acids is 2. The molecule has 0 radical (unpaired) electrons. The third kappa shape index (κ3) is 5.25. The fraction of sp³-hybridized carbons (Fsp3) is 0.263. The summed E-state index contributed by atoms with van der Waals surface area (Å²) in [6.07, 6.45) is 0.417. The maximum absolute atomic E-state index is 12.0. The van der Waals surface area contributed by atoms with E-state index < -0.39 is 0 Å². The Morgan fingerprint density at radius 2 is 1.61 bits per heavy atom. The smallest absolute Gasteiger partial charge is 0.220 e. The van der Waals surface area contributed by atoms with Gasteiger partial charge in [0.15, 0.2) is 5.78 Å². The molecule has 4 nitrogen and oxygen atoms in total. The summed E-state index contributed by atoms with van der Waals surface area (Å²) in [7, 11) is 1.61. The molecule has 0 aliphatic carbocycles. The Bertz CT molecular complexity index is 660. The number of methoxy groups -OCH3 is 1. The van der Waals surface area contributed by atoms with Crippen LogP contribution in [-0.2, 0) is 11.3 Å². The molecule has 0 unspecified atom stereocenters. The lowest BCUT2D eigenvalue weighted by Crippen LogP contribution is -2.23. The first-order chi connectivity index (χ1) is 11.1. The average Bonchev–Trinajstić information content (AvgIpc) is 2.59. The van der Waals surface area contributed by atoms with Crippen LogP contribution >= 0.6 is 0 Å². The third-order valence-corrected chi connectivity index (χ3v) is 3.60. The van der Waals surface area contributed by atoms with Crippen molar-refractivity contribution >= 4 is 11.7 Å². The van der Waals surface area contributed by atoms with E-state index in [9.17, 15) is 9.59 Å². The van der Waals surface area contributed by atoms with E-state index >= 15 is 0 Å². The fourth-order valence-corrected chi connectivity index (χ4v) is 2.14. The second kappa shape index (κ2) is 8.13. The number of aryl methyl sites for hydroxylation is 1. The van der Waals surface area contributed by atoms with Crippen LogP contribution in [0.5, 0.6) is 5.75 Å². The van der Waals surface area contributed by atoms with Crippen LogP contribution in [0.2, 0.25) is 0 Å². The first-order valence-corrected chi connectivity index (χ1v) is 7.58. The number of Topliss-reactive ketones (excluding diaryl/α,β-unsaturated/α-hetero) is 1. The van der Waals surface area contributed by atoms with Gasteiger partial charge in [-0.2, -0.15) is 0 Å². The van der Waals surface area contributed by atoms with Crippen molar-refractivity contribution in [1.82, 2.24) is 5.32 Å². The molecule has 0 spiro atoms. The normalized spacial score (nSPS) is 10.2. The van der Waals surface area contributed by atoms with E-state index in [1.54, 1.807) is 19.2 Å². The zero-order valence-electron chi connectivity index (χ0n) is 13.5. The van der Waals surface area contributed by atoms with Gasteiger partial charge in [-0.25, -0.2) is 0 Å². The molecule has 120 valence electrons. The predicted molar refractivity (Wildman–Crippen MR) is 89.6 cm³/mol. The van der Waals surface area contributed by atoms with Gasteiger partial charge < -0.3 is 10.1 Å². The molecule has 0 saturated carbocycles. The van der Waals surface area contributed by atoms with Crippen LogP contribution in [0.1, 0.15) is 34.3 Å². The minimum atomic E-state index is -0.124. The molecule has 4 heteroatoms. The highest BCUT2D eigenvalue weighted by Crippen LogP contribution is 2.11. The van der Waals surface area contributed by atoms with Gasteiger partial charge in [-0.3, -0.25) is 9.59 Å². The Balaban J connectivity index is 1.76. The van der Waals surface area contributed by atoms with Gasteiger partial charge in [0.1, 0.15) is 5.75 Å². The van der Waals surface area contributed by atoms with Gasteiger partial charge in [0.05, 0.1) is 7.11 Å². The van der Waals surface area contributed by atoms with Crippen LogP contribution in [0.3, 0.4) is 0 Å². The molecule has 2 aromatic rings. The van der Waals surface area contributed by atoms with Gasteiger partial charge in [0.2, 0.25) is 5.91 Å². The Kier molecular flexibility index (Phi) is 5.92. The fourth-order valence-electron chi connectivity index (χ4n) is 2.14. The zero-order valence-corrected chi connectivity index (χ0v) is 13.5. The highest BCUT2D eigenvalue weighted by molar-refractivity contribution is 5.97. The number of hydrogen-bond acceptors (Lipinski definition) is 3. The molecule has 0 atom stereocenters. The molecule has 1 N–H and O–H groups in total. The number of amides is 1. The Morgan fingerprint density at radius 1 is 0.957 bits per heavy atom.